The Kier molecular flexibility index (Phi) is 4.40. The molecule has 0 aliphatic carbocycles. The first-order valence-electron chi connectivity index (χ1n) is 8.88. The molecule has 2 amide bonds. The van der Waals surface area contributed by atoms with Crippen molar-refractivity contribution < 1.29 is 9.59 Å². The van der Waals surface area contributed by atoms with Crippen LogP contribution in [0.15, 0.2) is 66.7 Å². The molecule has 1 aliphatic heterocycles. The number of hydrogen-bond acceptors (Lipinski definition) is 2. The van der Waals surface area contributed by atoms with Crippen LogP contribution in [0.5, 0.6) is 0 Å². The van der Waals surface area contributed by atoms with E-state index in [0.29, 0.717) is 12.1 Å². The summed E-state index contributed by atoms with van der Waals surface area (Å²) in [6.45, 7) is 0.658. The minimum atomic E-state index is -0.128. The van der Waals surface area contributed by atoms with Crippen molar-refractivity contribution in [3.63, 3.8) is 0 Å². The van der Waals surface area contributed by atoms with E-state index in [9.17, 15) is 9.59 Å². The summed E-state index contributed by atoms with van der Waals surface area (Å²) in [5.41, 5.74) is 2.76. The van der Waals surface area contributed by atoms with Crippen LogP contribution in [0.25, 0.3) is 10.8 Å². The summed E-state index contributed by atoms with van der Waals surface area (Å²) >= 11 is 0. The summed E-state index contributed by atoms with van der Waals surface area (Å²) in [5, 5.41) is 4.89. The van der Waals surface area contributed by atoms with Gasteiger partial charge in [-0.2, -0.15) is 0 Å². The molecule has 0 radical (unpaired) electrons. The minimum absolute atomic E-state index is 0.0535. The fraction of sp³-hybridized carbons (Fsp3) is 0.182. The van der Waals surface area contributed by atoms with Gasteiger partial charge in [0.05, 0.1) is 5.69 Å². The van der Waals surface area contributed by atoms with Crippen LogP contribution in [0.2, 0.25) is 0 Å². The molecule has 3 aromatic carbocycles. The highest BCUT2D eigenvalue weighted by Gasteiger charge is 2.30. The maximum atomic E-state index is 12.7. The van der Waals surface area contributed by atoms with E-state index in [4.69, 9.17) is 0 Å². The zero-order valence-electron chi connectivity index (χ0n) is 14.4. The Hall–Kier alpha value is -3.14. The first kappa shape index (κ1) is 16.3. The predicted octanol–water partition coefficient (Wildman–Crippen LogP) is 3.55. The van der Waals surface area contributed by atoms with E-state index in [-0.39, 0.29) is 18.4 Å². The van der Waals surface area contributed by atoms with Crippen molar-refractivity contribution in [1.29, 1.82) is 0 Å². The van der Waals surface area contributed by atoms with Crippen LogP contribution >= 0.6 is 0 Å². The molecule has 0 bridgehead atoms. The van der Waals surface area contributed by atoms with Gasteiger partial charge < -0.3 is 5.32 Å². The van der Waals surface area contributed by atoms with E-state index in [1.807, 2.05) is 54.6 Å². The molecule has 4 rings (SSSR count). The van der Waals surface area contributed by atoms with E-state index >= 15 is 0 Å². The number of amides is 2. The number of nitrogens with one attached hydrogen (secondary N) is 1. The molecular weight excluding hydrogens is 324 g/mol. The number of carbonyl (C=O) groups is 2. The van der Waals surface area contributed by atoms with Gasteiger partial charge in [0.1, 0.15) is 6.54 Å². The Morgan fingerprint density at radius 3 is 2.50 bits per heavy atom. The minimum Gasteiger partial charge on any atom is -0.355 e. The molecule has 4 heteroatoms. The van der Waals surface area contributed by atoms with Crippen LogP contribution in [0.3, 0.4) is 0 Å². The molecule has 130 valence electrons. The monoisotopic (exact) mass is 344 g/mol. The van der Waals surface area contributed by atoms with Gasteiger partial charge in [-0.3, -0.25) is 14.5 Å². The average molecular weight is 344 g/mol. The Balaban J connectivity index is 1.37. The molecule has 1 N–H and O–H groups in total. The molecule has 26 heavy (non-hydrogen) atoms. The van der Waals surface area contributed by atoms with Crippen molar-refractivity contribution in [2.45, 2.75) is 12.8 Å². The molecule has 0 unspecified atom stereocenters. The Morgan fingerprint density at radius 2 is 1.69 bits per heavy atom. The normalized spacial score (nSPS) is 12.6. The van der Waals surface area contributed by atoms with Crippen molar-refractivity contribution >= 4 is 28.3 Å². The molecule has 4 nitrogen and oxygen atoms in total. The quantitative estimate of drug-likeness (QED) is 0.695. The second-order valence-electron chi connectivity index (χ2n) is 6.51. The largest absolute Gasteiger partial charge is 0.355 e. The number of nitrogens with zero attached hydrogens (tertiary/aromatic N) is 1. The highest BCUT2D eigenvalue weighted by Crippen LogP contribution is 2.36. The second-order valence-corrected chi connectivity index (χ2v) is 6.51. The lowest BCUT2D eigenvalue weighted by atomic mass is 10.1. The summed E-state index contributed by atoms with van der Waals surface area (Å²) in [5.74, 6) is -0.229. The van der Waals surface area contributed by atoms with Gasteiger partial charge in [-0.1, -0.05) is 54.6 Å². The second kappa shape index (κ2) is 7.00. The topological polar surface area (TPSA) is 49.4 Å². The van der Waals surface area contributed by atoms with Gasteiger partial charge in [0.15, 0.2) is 0 Å². The summed E-state index contributed by atoms with van der Waals surface area (Å²) < 4.78 is 0. The highest BCUT2D eigenvalue weighted by molar-refractivity contribution is 6.26. The zero-order valence-corrected chi connectivity index (χ0v) is 14.4. The van der Waals surface area contributed by atoms with Crippen molar-refractivity contribution in [2.75, 3.05) is 18.0 Å². The van der Waals surface area contributed by atoms with Gasteiger partial charge >= 0.3 is 0 Å². The fourth-order valence-electron chi connectivity index (χ4n) is 3.50. The van der Waals surface area contributed by atoms with Crippen LogP contribution in [0.4, 0.5) is 5.69 Å². The summed E-state index contributed by atoms with van der Waals surface area (Å²) in [4.78, 5) is 26.6. The van der Waals surface area contributed by atoms with Gasteiger partial charge in [-0.05, 0) is 35.9 Å². The fourth-order valence-corrected chi connectivity index (χ4v) is 3.50. The molecule has 0 saturated carbocycles. The molecule has 0 fully saturated rings. The first-order chi connectivity index (χ1) is 12.7. The number of anilines is 1. The number of benzene rings is 3. The Labute approximate surface area is 152 Å². The molecule has 1 heterocycles. The number of rotatable bonds is 6. The maximum Gasteiger partial charge on any atom is 0.259 e. The van der Waals surface area contributed by atoms with Crippen molar-refractivity contribution in [1.82, 2.24) is 5.32 Å². The highest BCUT2D eigenvalue weighted by atomic mass is 16.2. The third-order valence-electron chi connectivity index (χ3n) is 4.76. The van der Waals surface area contributed by atoms with Gasteiger partial charge in [0.2, 0.25) is 5.91 Å². The lowest BCUT2D eigenvalue weighted by molar-refractivity contribution is -0.119. The van der Waals surface area contributed by atoms with Gasteiger partial charge in [-0.25, -0.2) is 0 Å². The standard InChI is InChI=1S/C22H20N2O2/c25-20(23-14-6-9-16-7-2-1-3-8-16)15-24-19-13-5-11-17-10-4-12-18(21(17)19)22(24)26/h1-5,7-8,10-13H,6,9,14-15H2,(H,23,25). The zero-order chi connectivity index (χ0) is 17.9. The van der Waals surface area contributed by atoms with Crippen molar-refractivity contribution in [2.24, 2.45) is 0 Å². The molecule has 3 aromatic rings. The molecule has 1 aliphatic rings. The van der Waals surface area contributed by atoms with Crippen LogP contribution in [-0.2, 0) is 11.2 Å². The molecule has 0 spiro atoms. The maximum absolute atomic E-state index is 12.7. The predicted molar refractivity (Wildman–Crippen MR) is 103 cm³/mol. The molecule has 0 aromatic heterocycles. The van der Waals surface area contributed by atoms with Crippen molar-refractivity contribution in [3.05, 3.63) is 77.9 Å². The average Bonchev–Trinajstić information content (AvgIpc) is 2.94. The molecule has 0 saturated heterocycles. The lowest BCUT2D eigenvalue weighted by Gasteiger charge is -2.17. The summed E-state index contributed by atoms with van der Waals surface area (Å²) in [7, 11) is 0. The van der Waals surface area contributed by atoms with E-state index in [1.165, 1.54) is 5.56 Å². The first-order valence-corrected chi connectivity index (χ1v) is 8.88. The smallest absolute Gasteiger partial charge is 0.259 e. The third-order valence-corrected chi connectivity index (χ3v) is 4.76. The Morgan fingerprint density at radius 1 is 0.923 bits per heavy atom. The number of hydrogen-bond donors (Lipinski definition) is 1. The van der Waals surface area contributed by atoms with E-state index in [0.717, 1.165) is 29.3 Å². The van der Waals surface area contributed by atoms with Crippen LogP contribution in [-0.4, -0.2) is 24.9 Å². The van der Waals surface area contributed by atoms with Crippen LogP contribution in [0, 0.1) is 0 Å². The SMILES string of the molecule is O=C(CN1C(=O)c2cccc3cccc1c23)NCCCc1ccccc1. The van der Waals surface area contributed by atoms with Gasteiger partial charge in [0, 0.05) is 17.5 Å². The third kappa shape index (κ3) is 3.06. The number of aryl methyl sites for hydroxylation is 1. The van der Waals surface area contributed by atoms with Crippen LogP contribution in [0.1, 0.15) is 22.3 Å². The Bertz CT molecular complexity index is 961. The molecule has 0 atom stereocenters. The van der Waals surface area contributed by atoms with E-state index < -0.39 is 0 Å². The molecular formula is C22H20N2O2. The number of carbonyl (C=O) groups excluding carboxylic acids is 2. The van der Waals surface area contributed by atoms with Gasteiger partial charge in [0.25, 0.3) is 5.91 Å². The van der Waals surface area contributed by atoms with Crippen molar-refractivity contribution in [3.8, 4) is 0 Å². The summed E-state index contributed by atoms with van der Waals surface area (Å²) in [6, 6.07) is 21.7. The summed E-state index contributed by atoms with van der Waals surface area (Å²) in [6.07, 6.45) is 1.80. The van der Waals surface area contributed by atoms with Gasteiger partial charge in [-0.15, -0.1) is 0 Å². The van der Waals surface area contributed by atoms with E-state index in [2.05, 4.69) is 17.4 Å². The lowest BCUT2D eigenvalue weighted by Crippen LogP contribution is -2.39. The van der Waals surface area contributed by atoms with Crippen LogP contribution < -0.4 is 10.2 Å². The van der Waals surface area contributed by atoms with E-state index in [1.54, 1.807) is 4.90 Å².